The summed E-state index contributed by atoms with van der Waals surface area (Å²) in [5.41, 5.74) is 0. The molecule has 3 nitrogen and oxygen atoms in total. The van der Waals surface area contributed by atoms with Crippen LogP contribution in [0.15, 0.2) is 30.3 Å². The van der Waals surface area contributed by atoms with E-state index in [2.05, 4.69) is 0 Å². The third kappa shape index (κ3) is 5.84. The molecule has 10 heavy (non-hydrogen) atoms. The van der Waals surface area contributed by atoms with Crippen LogP contribution in [-0.4, -0.2) is 39.1 Å². The first kappa shape index (κ1) is 16.4. The molecule has 52 valence electrons. The quantitative estimate of drug-likeness (QED) is 0.555. The van der Waals surface area contributed by atoms with E-state index in [4.69, 9.17) is 5.11 Å². The third-order valence-corrected chi connectivity index (χ3v) is 0.756. The van der Waals surface area contributed by atoms with Gasteiger partial charge < -0.3 is 16.1 Å². The van der Waals surface area contributed by atoms with Crippen LogP contribution in [0.2, 0.25) is 0 Å². The second-order valence-corrected chi connectivity index (χ2v) is 1.34. The Balaban J connectivity index is -0.000000163. The number of benzene rings is 1. The summed E-state index contributed by atoms with van der Waals surface area (Å²) in [7, 11) is 0. The molecule has 0 unspecified atom stereocenters. The average molecular weight is 152 g/mol. The number of para-hydroxylation sites is 1. The van der Waals surface area contributed by atoms with Gasteiger partial charge in [0.05, 0.1) is 0 Å². The molecule has 0 radical (unpaired) electrons. The molecule has 0 amide bonds. The molecule has 0 heterocycles. The van der Waals surface area contributed by atoms with E-state index in [0.29, 0.717) is 5.75 Å². The first-order valence-corrected chi connectivity index (χ1v) is 2.13. The predicted molar refractivity (Wildman–Crippen MR) is 37.7 cm³/mol. The summed E-state index contributed by atoms with van der Waals surface area (Å²) in [5.74, 6) is 0.322. The standard InChI is InChI=1S/C6H6O.Mg.2H2O/c7-6-4-2-1-3-5-6;;;/h1-5,7H;;2*1H2/q;+2;;/p-2. The molecule has 0 saturated carbocycles. The number of phenolic OH excluding ortho intramolecular Hbond substituents is 1. The molecular weight excluding hydrogens is 144 g/mol. The monoisotopic (exact) mass is 152 g/mol. The number of rotatable bonds is 0. The number of hydrogen-bond acceptors (Lipinski definition) is 3. The van der Waals surface area contributed by atoms with Crippen LogP contribution in [0, 0.1) is 0 Å². The van der Waals surface area contributed by atoms with Crippen molar-refractivity contribution in [3.63, 3.8) is 0 Å². The first-order valence-electron chi connectivity index (χ1n) is 2.13. The van der Waals surface area contributed by atoms with Crippen molar-refractivity contribution in [2.45, 2.75) is 0 Å². The van der Waals surface area contributed by atoms with Crippen molar-refractivity contribution in [2.75, 3.05) is 0 Å². The number of hydrogen-bond donors (Lipinski definition) is 1. The molecule has 1 aromatic rings. The Morgan fingerprint density at radius 2 is 1.30 bits per heavy atom. The summed E-state index contributed by atoms with van der Waals surface area (Å²) >= 11 is 0. The SMILES string of the molecule is Oc1ccccc1.[Mg+2].[OH-].[OH-]. The van der Waals surface area contributed by atoms with Crippen molar-refractivity contribution in [2.24, 2.45) is 0 Å². The van der Waals surface area contributed by atoms with E-state index in [1.807, 2.05) is 6.07 Å². The van der Waals surface area contributed by atoms with Gasteiger partial charge in [-0.2, -0.15) is 0 Å². The Kier molecular flexibility index (Phi) is 14.2. The summed E-state index contributed by atoms with van der Waals surface area (Å²) in [4.78, 5) is 0. The van der Waals surface area contributed by atoms with Crippen molar-refractivity contribution in [3.8, 4) is 5.75 Å². The van der Waals surface area contributed by atoms with Gasteiger partial charge in [0.1, 0.15) is 5.75 Å². The van der Waals surface area contributed by atoms with E-state index in [0.717, 1.165) is 0 Å². The van der Waals surface area contributed by atoms with Gasteiger partial charge >= 0.3 is 23.1 Å². The minimum Gasteiger partial charge on any atom is -0.870 e. The van der Waals surface area contributed by atoms with E-state index < -0.39 is 0 Å². The molecule has 0 aliphatic carbocycles. The molecule has 4 heteroatoms. The largest absolute Gasteiger partial charge is 2.00 e. The van der Waals surface area contributed by atoms with Gasteiger partial charge in [0.2, 0.25) is 0 Å². The zero-order valence-electron chi connectivity index (χ0n) is 5.44. The summed E-state index contributed by atoms with van der Waals surface area (Å²) in [6, 6.07) is 8.71. The van der Waals surface area contributed by atoms with Crippen LogP contribution in [0.1, 0.15) is 0 Å². The maximum atomic E-state index is 8.63. The van der Waals surface area contributed by atoms with Crippen LogP contribution >= 0.6 is 0 Å². The fourth-order valence-corrected chi connectivity index (χ4v) is 0.428. The maximum absolute atomic E-state index is 8.63. The molecule has 0 bridgehead atoms. The van der Waals surface area contributed by atoms with Crippen LogP contribution in [0.4, 0.5) is 0 Å². The topological polar surface area (TPSA) is 80.2 Å². The van der Waals surface area contributed by atoms with Crippen molar-refractivity contribution < 1.29 is 16.1 Å². The normalized spacial score (nSPS) is 6.00. The fourth-order valence-electron chi connectivity index (χ4n) is 0.428. The predicted octanol–water partition coefficient (Wildman–Crippen LogP) is 0.658. The van der Waals surface area contributed by atoms with Gasteiger partial charge in [-0.25, -0.2) is 0 Å². The van der Waals surface area contributed by atoms with Gasteiger partial charge in [0.15, 0.2) is 0 Å². The maximum Gasteiger partial charge on any atom is 2.00 e. The Labute approximate surface area is 75.5 Å². The smallest absolute Gasteiger partial charge is 0.870 e. The van der Waals surface area contributed by atoms with E-state index in [1.54, 1.807) is 24.3 Å². The number of aromatic hydroxyl groups is 1. The van der Waals surface area contributed by atoms with Gasteiger partial charge in [-0.3, -0.25) is 0 Å². The third-order valence-electron chi connectivity index (χ3n) is 0.756. The molecule has 0 atom stereocenters. The molecule has 1 rings (SSSR count). The summed E-state index contributed by atoms with van der Waals surface area (Å²) in [5, 5.41) is 8.63. The van der Waals surface area contributed by atoms with Gasteiger partial charge in [0, 0.05) is 0 Å². The molecule has 0 aromatic heterocycles. The minimum atomic E-state index is 0. The van der Waals surface area contributed by atoms with Crippen LogP contribution < -0.4 is 0 Å². The second kappa shape index (κ2) is 8.71. The summed E-state index contributed by atoms with van der Waals surface area (Å²) < 4.78 is 0. The van der Waals surface area contributed by atoms with Crippen LogP contribution in [-0.2, 0) is 0 Å². The number of phenols is 1. The molecule has 0 spiro atoms. The Hall–Kier alpha value is -0.294. The molecule has 0 saturated heterocycles. The van der Waals surface area contributed by atoms with Gasteiger partial charge in [-0.1, -0.05) is 18.2 Å². The Bertz CT molecular complexity index is 143. The van der Waals surface area contributed by atoms with Gasteiger partial charge in [0.25, 0.3) is 0 Å². The molecule has 0 aliphatic rings. The van der Waals surface area contributed by atoms with Gasteiger partial charge in [-0.15, -0.1) is 0 Å². The summed E-state index contributed by atoms with van der Waals surface area (Å²) in [6.45, 7) is 0. The zero-order chi connectivity index (χ0) is 5.11. The zero-order valence-corrected chi connectivity index (χ0v) is 6.85. The molecule has 3 N–H and O–H groups in total. The Morgan fingerprint density at radius 3 is 1.50 bits per heavy atom. The van der Waals surface area contributed by atoms with Gasteiger partial charge in [-0.05, 0) is 12.1 Å². The van der Waals surface area contributed by atoms with Crippen LogP contribution in [0.3, 0.4) is 0 Å². The van der Waals surface area contributed by atoms with Crippen molar-refractivity contribution in [1.29, 1.82) is 0 Å². The molecule has 0 aliphatic heterocycles. The molecule has 0 fully saturated rings. The van der Waals surface area contributed by atoms with Crippen molar-refractivity contribution in [3.05, 3.63) is 30.3 Å². The average Bonchev–Trinajstić information content (AvgIpc) is 1.69. The second-order valence-electron chi connectivity index (χ2n) is 1.34. The van der Waals surface area contributed by atoms with E-state index in [9.17, 15) is 0 Å². The first-order chi connectivity index (χ1) is 3.39. The molecule has 1 aromatic carbocycles. The van der Waals surface area contributed by atoms with Crippen LogP contribution in [0.25, 0.3) is 0 Å². The van der Waals surface area contributed by atoms with E-state index in [1.165, 1.54) is 0 Å². The van der Waals surface area contributed by atoms with E-state index >= 15 is 0 Å². The summed E-state index contributed by atoms with van der Waals surface area (Å²) in [6.07, 6.45) is 0. The fraction of sp³-hybridized carbons (Fsp3) is 0. The minimum absolute atomic E-state index is 0. The van der Waals surface area contributed by atoms with Crippen molar-refractivity contribution in [1.82, 2.24) is 0 Å². The van der Waals surface area contributed by atoms with E-state index in [-0.39, 0.29) is 34.0 Å². The molecular formula is C6H8MgO3. The Morgan fingerprint density at radius 1 is 0.900 bits per heavy atom. The van der Waals surface area contributed by atoms with Crippen LogP contribution in [0.5, 0.6) is 5.75 Å². The van der Waals surface area contributed by atoms with Crippen molar-refractivity contribution >= 4 is 23.1 Å².